The zero-order chi connectivity index (χ0) is 11.5. The Labute approximate surface area is 90.3 Å². The first-order chi connectivity index (χ1) is 6.81. The van der Waals surface area contributed by atoms with E-state index >= 15 is 0 Å². The molecule has 0 aromatic heterocycles. The molecule has 0 radical (unpaired) electrons. The fourth-order valence-corrected chi connectivity index (χ4v) is 1.76. The monoisotopic (exact) mass is 229 g/mol. The predicted molar refractivity (Wildman–Crippen MR) is 57.6 cm³/mol. The van der Waals surface area contributed by atoms with E-state index in [2.05, 4.69) is 5.48 Å². The van der Waals surface area contributed by atoms with Crippen LogP contribution in [0.15, 0.2) is 35.2 Å². The van der Waals surface area contributed by atoms with Crippen LogP contribution in [0.5, 0.6) is 0 Å². The van der Waals surface area contributed by atoms with Gasteiger partial charge in [0.15, 0.2) is 0 Å². The molecule has 4 nitrogen and oxygen atoms in total. The molecule has 84 valence electrons. The lowest BCUT2D eigenvalue weighted by molar-refractivity contribution is 0.127. The normalized spacial score (nSPS) is 12.7. The first-order valence-corrected chi connectivity index (χ1v) is 5.98. The van der Waals surface area contributed by atoms with Crippen molar-refractivity contribution in [2.75, 3.05) is 0 Å². The fraction of sp³-hybridized carbons (Fsp3) is 0.400. The maximum absolute atomic E-state index is 11.6. The van der Waals surface area contributed by atoms with Gasteiger partial charge < -0.3 is 0 Å². The molecule has 1 aromatic carbocycles. The second-order valence-electron chi connectivity index (χ2n) is 4.20. The van der Waals surface area contributed by atoms with Gasteiger partial charge in [-0.2, -0.15) is 18.2 Å². The van der Waals surface area contributed by atoms with Crippen LogP contribution < -0.4 is 5.48 Å². The van der Waals surface area contributed by atoms with E-state index in [4.69, 9.17) is 4.28 Å². The van der Waals surface area contributed by atoms with Crippen LogP contribution >= 0.6 is 0 Å². The third kappa shape index (κ3) is 3.99. The van der Waals surface area contributed by atoms with E-state index in [1.807, 2.05) is 20.8 Å². The summed E-state index contributed by atoms with van der Waals surface area (Å²) in [4.78, 5) is 0.141. The molecule has 0 amide bonds. The lowest BCUT2D eigenvalue weighted by atomic mass is 10.1. The average Bonchev–Trinajstić information content (AvgIpc) is 2.16. The molecule has 0 aliphatic rings. The summed E-state index contributed by atoms with van der Waals surface area (Å²) >= 11 is 0. The van der Waals surface area contributed by atoms with Crippen molar-refractivity contribution in [3.63, 3.8) is 0 Å². The second-order valence-corrected chi connectivity index (χ2v) is 5.75. The molecule has 0 aliphatic heterocycles. The molecule has 1 N–H and O–H groups in total. The topological polar surface area (TPSA) is 55.4 Å². The minimum absolute atomic E-state index is 0.141. The molecule has 1 rings (SSSR count). The molecule has 0 unspecified atom stereocenters. The molecular formula is C10H15NO3S. The van der Waals surface area contributed by atoms with E-state index in [0.717, 1.165) is 0 Å². The smallest absolute Gasteiger partial charge is 0.192 e. The highest BCUT2D eigenvalue weighted by Crippen LogP contribution is 2.11. The summed E-state index contributed by atoms with van der Waals surface area (Å²) in [5.41, 5.74) is 2.06. The van der Waals surface area contributed by atoms with Crippen molar-refractivity contribution in [1.29, 1.82) is 0 Å². The van der Waals surface area contributed by atoms with Gasteiger partial charge in [0.25, 0.3) is 0 Å². The van der Waals surface area contributed by atoms with Gasteiger partial charge in [0.05, 0.1) is 4.90 Å². The summed E-state index contributed by atoms with van der Waals surface area (Å²) in [6.45, 7) is 5.44. The van der Waals surface area contributed by atoms with E-state index in [9.17, 15) is 8.42 Å². The lowest BCUT2D eigenvalue weighted by Crippen LogP contribution is -2.37. The molecule has 0 saturated carbocycles. The second kappa shape index (κ2) is 4.30. The summed E-state index contributed by atoms with van der Waals surface area (Å²) in [7, 11) is -3.70. The zero-order valence-corrected chi connectivity index (χ0v) is 9.84. The summed E-state index contributed by atoms with van der Waals surface area (Å²) in [6, 6.07) is 8.01. The Morgan fingerprint density at radius 3 is 2.13 bits per heavy atom. The number of nitrogens with one attached hydrogen (secondary N) is 1. The minimum Gasteiger partial charge on any atom is -0.192 e. The molecule has 0 saturated heterocycles. The third-order valence-electron chi connectivity index (χ3n) is 1.49. The lowest BCUT2D eigenvalue weighted by Gasteiger charge is -2.19. The van der Waals surface area contributed by atoms with Gasteiger partial charge in [0.2, 0.25) is 0 Å². The van der Waals surface area contributed by atoms with Crippen molar-refractivity contribution < 1.29 is 12.7 Å². The minimum atomic E-state index is -3.70. The van der Waals surface area contributed by atoms with E-state index in [-0.39, 0.29) is 4.90 Å². The van der Waals surface area contributed by atoms with Gasteiger partial charge >= 0.3 is 10.1 Å². The van der Waals surface area contributed by atoms with Crippen LogP contribution in [0.3, 0.4) is 0 Å². The van der Waals surface area contributed by atoms with Crippen molar-refractivity contribution in [2.45, 2.75) is 31.2 Å². The van der Waals surface area contributed by atoms with E-state index in [1.54, 1.807) is 18.2 Å². The summed E-state index contributed by atoms with van der Waals surface area (Å²) in [5.74, 6) is 0. The standard InChI is InChI=1S/C10H15NO3S/c1-10(2,3)11-14-15(12,13)9-7-5-4-6-8-9/h4-8,11H,1-3H3. The number of rotatable bonds is 3. The van der Waals surface area contributed by atoms with Crippen LogP contribution in [0.4, 0.5) is 0 Å². The van der Waals surface area contributed by atoms with E-state index in [0.29, 0.717) is 0 Å². The SMILES string of the molecule is CC(C)(C)NOS(=O)(=O)c1ccccc1. The largest absolute Gasteiger partial charge is 0.312 e. The van der Waals surface area contributed by atoms with Gasteiger partial charge in [-0.1, -0.05) is 18.2 Å². The van der Waals surface area contributed by atoms with Gasteiger partial charge in [-0.3, -0.25) is 0 Å². The number of benzene rings is 1. The molecule has 5 heteroatoms. The zero-order valence-electron chi connectivity index (χ0n) is 9.02. The first-order valence-electron chi connectivity index (χ1n) is 4.57. The Morgan fingerprint density at radius 2 is 1.67 bits per heavy atom. The highest BCUT2D eigenvalue weighted by molar-refractivity contribution is 7.86. The van der Waals surface area contributed by atoms with Gasteiger partial charge in [-0.05, 0) is 32.9 Å². The maximum atomic E-state index is 11.6. The summed E-state index contributed by atoms with van der Waals surface area (Å²) < 4.78 is 27.9. The fourth-order valence-electron chi connectivity index (χ4n) is 0.815. The van der Waals surface area contributed by atoms with Crippen LogP contribution in [0.1, 0.15) is 20.8 Å². The molecule has 0 spiro atoms. The van der Waals surface area contributed by atoms with Crippen molar-refractivity contribution in [3.8, 4) is 0 Å². The number of hydrogen-bond acceptors (Lipinski definition) is 4. The van der Waals surface area contributed by atoms with Gasteiger partial charge in [-0.25, -0.2) is 0 Å². The molecule has 0 fully saturated rings. The summed E-state index contributed by atoms with van der Waals surface area (Å²) in [5, 5.41) is 0. The molecular weight excluding hydrogens is 214 g/mol. The Kier molecular flexibility index (Phi) is 3.49. The molecule has 0 aliphatic carbocycles. The van der Waals surface area contributed by atoms with Crippen LogP contribution in [0, 0.1) is 0 Å². The van der Waals surface area contributed by atoms with Crippen molar-refractivity contribution in [1.82, 2.24) is 5.48 Å². The van der Waals surface area contributed by atoms with Crippen molar-refractivity contribution >= 4 is 10.1 Å². The van der Waals surface area contributed by atoms with Crippen LogP contribution in [-0.2, 0) is 14.4 Å². The van der Waals surface area contributed by atoms with Crippen LogP contribution in [0.25, 0.3) is 0 Å². The van der Waals surface area contributed by atoms with Gasteiger partial charge in [0.1, 0.15) is 0 Å². The third-order valence-corrected chi connectivity index (χ3v) is 2.64. The van der Waals surface area contributed by atoms with Crippen molar-refractivity contribution in [2.24, 2.45) is 0 Å². The molecule has 15 heavy (non-hydrogen) atoms. The Bertz CT molecular complexity index is 406. The van der Waals surface area contributed by atoms with E-state index < -0.39 is 15.7 Å². The van der Waals surface area contributed by atoms with Crippen molar-refractivity contribution in [3.05, 3.63) is 30.3 Å². The predicted octanol–water partition coefficient (Wildman–Crippen LogP) is 1.70. The van der Waals surface area contributed by atoms with Crippen LogP contribution in [0.2, 0.25) is 0 Å². The highest BCUT2D eigenvalue weighted by Gasteiger charge is 2.18. The maximum Gasteiger partial charge on any atom is 0.312 e. The van der Waals surface area contributed by atoms with E-state index in [1.165, 1.54) is 12.1 Å². The molecule has 0 atom stereocenters. The van der Waals surface area contributed by atoms with Gasteiger partial charge in [0, 0.05) is 5.54 Å². The number of hydrogen-bond donors (Lipinski definition) is 1. The van der Waals surface area contributed by atoms with Crippen LogP contribution in [-0.4, -0.2) is 14.0 Å². The average molecular weight is 229 g/mol. The molecule has 0 bridgehead atoms. The Balaban J connectivity index is 2.78. The molecule has 1 aromatic rings. The Hall–Kier alpha value is -0.910. The van der Waals surface area contributed by atoms with Gasteiger partial charge in [-0.15, -0.1) is 0 Å². The highest BCUT2D eigenvalue weighted by atomic mass is 32.2. The first kappa shape index (κ1) is 12.2. The molecule has 0 heterocycles. The summed E-state index contributed by atoms with van der Waals surface area (Å²) in [6.07, 6.45) is 0. The number of hydroxylamine groups is 1. The Morgan fingerprint density at radius 1 is 1.13 bits per heavy atom. The quantitative estimate of drug-likeness (QED) is 0.801.